The predicted octanol–water partition coefficient (Wildman–Crippen LogP) is 4.34. The summed E-state index contributed by atoms with van der Waals surface area (Å²) in [5, 5.41) is 12.0. The molecule has 0 spiro atoms. The SMILES string of the molecule is CCCc1nnc2n1N[C@@H](c1ccc(OCC)cc1)[C@@H](C(=O)Nc1ccccc1C)S2. The molecule has 1 aliphatic rings. The van der Waals surface area contributed by atoms with E-state index in [4.69, 9.17) is 4.74 Å². The molecule has 7 nitrogen and oxygen atoms in total. The molecule has 31 heavy (non-hydrogen) atoms. The molecule has 162 valence electrons. The van der Waals surface area contributed by atoms with Crippen molar-refractivity contribution in [2.45, 2.75) is 50.1 Å². The lowest BCUT2D eigenvalue weighted by molar-refractivity contribution is -0.116. The van der Waals surface area contributed by atoms with Crippen molar-refractivity contribution in [3.8, 4) is 5.75 Å². The van der Waals surface area contributed by atoms with Gasteiger partial charge in [0.1, 0.15) is 11.0 Å². The minimum atomic E-state index is -0.413. The van der Waals surface area contributed by atoms with Crippen LogP contribution in [0.5, 0.6) is 5.75 Å². The molecule has 1 aliphatic heterocycles. The zero-order chi connectivity index (χ0) is 21.8. The Kier molecular flexibility index (Phi) is 6.46. The van der Waals surface area contributed by atoms with Gasteiger partial charge < -0.3 is 15.5 Å². The summed E-state index contributed by atoms with van der Waals surface area (Å²) in [4.78, 5) is 13.4. The number of ether oxygens (including phenoxy) is 1. The van der Waals surface area contributed by atoms with Crippen LogP contribution in [0, 0.1) is 6.92 Å². The maximum absolute atomic E-state index is 13.4. The Labute approximate surface area is 186 Å². The van der Waals surface area contributed by atoms with Crippen LogP contribution in [-0.2, 0) is 11.2 Å². The highest BCUT2D eigenvalue weighted by atomic mass is 32.2. The molecule has 4 rings (SSSR count). The van der Waals surface area contributed by atoms with Crippen LogP contribution in [0.2, 0.25) is 0 Å². The molecule has 2 aromatic carbocycles. The smallest absolute Gasteiger partial charge is 0.240 e. The van der Waals surface area contributed by atoms with Gasteiger partial charge in [0, 0.05) is 12.1 Å². The topological polar surface area (TPSA) is 81.1 Å². The van der Waals surface area contributed by atoms with Crippen molar-refractivity contribution in [1.82, 2.24) is 14.9 Å². The van der Waals surface area contributed by atoms with Crippen LogP contribution < -0.4 is 15.5 Å². The molecule has 0 aliphatic carbocycles. The van der Waals surface area contributed by atoms with Crippen molar-refractivity contribution >= 4 is 23.4 Å². The number of thioether (sulfide) groups is 1. The van der Waals surface area contributed by atoms with E-state index in [0.717, 1.165) is 41.2 Å². The second kappa shape index (κ2) is 9.43. The quantitative estimate of drug-likeness (QED) is 0.572. The van der Waals surface area contributed by atoms with Gasteiger partial charge in [-0.1, -0.05) is 49.0 Å². The molecular weight excluding hydrogens is 410 g/mol. The van der Waals surface area contributed by atoms with Gasteiger partial charge in [0.25, 0.3) is 0 Å². The lowest BCUT2D eigenvalue weighted by Crippen LogP contribution is -2.41. The molecule has 1 amide bonds. The van der Waals surface area contributed by atoms with Crippen molar-refractivity contribution in [2.75, 3.05) is 17.3 Å². The number of nitrogens with zero attached hydrogens (tertiary/aromatic N) is 3. The van der Waals surface area contributed by atoms with Gasteiger partial charge in [-0.2, -0.15) is 0 Å². The summed E-state index contributed by atoms with van der Waals surface area (Å²) >= 11 is 1.44. The molecule has 0 radical (unpaired) electrons. The summed E-state index contributed by atoms with van der Waals surface area (Å²) in [6.45, 7) is 6.67. The number of carbonyl (C=O) groups excluding carboxylic acids is 1. The van der Waals surface area contributed by atoms with Crippen LogP contribution in [0.4, 0.5) is 5.69 Å². The molecule has 0 saturated heterocycles. The highest BCUT2D eigenvalue weighted by molar-refractivity contribution is 8.00. The number of para-hydroxylation sites is 1. The largest absolute Gasteiger partial charge is 0.494 e. The number of nitrogens with one attached hydrogen (secondary N) is 2. The van der Waals surface area contributed by atoms with E-state index in [1.165, 1.54) is 11.8 Å². The van der Waals surface area contributed by atoms with E-state index >= 15 is 0 Å². The molecule has 0 bridgehead atoms. The summed E-state index contributed by atoms with van der Waals surface area (Å²) in [6, 6.07) is 15.4. The molecule has 2 heterocycles. The summed E-state index contributed by atoms with van der Waals surface area (Å²) in [6.07, 6.45) is 1.78. The average Bonchev–Trinajstić information content (AvgIpc) is 3.17. The molecule has 8 heteroatoms. The van der Waals surface area contributed by atoms with Gasteiger partial charge in [-0.3, -0.25) is 4.79 Å². The van der Waals surface area contributed by atoms with Gasteiger partial charge in [0.2, 0.25) is 11.1 Å². The van der Waals surface area contributed by atoms with Crippen molar-refractivity contribution in [2.24, 2.45) is 0 Å². The third-order valence-corrected chi connectivity index (χ3v) is 6.40. The number of rotatable bonds is 7. The van der Waals surface area contributed by atoms with Gasteiger partial charge in [-0.05, 0) is 49.6 Å². The van der Waals surface area contributed by atoms with Crippen molar-refractivity contribution in [3.05, 3.63) is 65.5 Å². The molecule has 3 aromatic rings. The van der Waals surface area contributed by atoms with E-state index in [1.807, 2.05) is 67.1 Å². The molecule has 0 saturated carbocycles. The first-order chi connectivity index (χ1) is 15.1. The number of benzene rings is 2. The number of aryl methyl sites for hydroxylation is 2. The number of aromatic nitrogens is 3. The number of anilines is 1. The van der Waals surface area contributed by atoms with E-state index in [-0.39, 0.29) is 11.9 Å². The maximum atomic E-state index is 13.4. The fraction of sp³-hybridized carbons (Fsp3) is 0.348. The summed E-state index contributed by atoms with van der Waals surface area (Å²) < 4.78 is 7.50. The van der Waals surface area contributed by atoms with E-state index < -0.39 is 5.25 Å². The van der Waals surface area contributed by atoms with Crippen LogP contribution >= 0.6 is 11.8 Å². The standard InChI is InChI=1S/C23H27N5O2S/c1-4-8-19-25-26-23-28(19)27-20(16-11-13-17(14-12-16)30-5-2)21(31-23)22(29)24-18-10-7-6-9-15(18)3/h6-7,9-14,20-21,27H,4-5,8H2,1-3H3,(H,24,29)/t20-,21-/m0/s1. The van der Waals surface area contributed by atoms with Gasteiger partial charge >= 0.3 is 0 Å². The zero-order valence-electron chi connectivity index (χ0n) is 18.0. The highest BCUT2D eigenvalue weighted by Gasteiger charge is 2.37. The Balaban J connectivity index is 1.66. The fourth-order valence-electron chi connectivity index (χ4n) is 3.59. The van der Waals surface area contributed by atoms with Crippen LogP contribution in [0.15, 0.2) is 53.7 Å². The van der Waals surface area contributed by atoms with Gasteiger partial charge in [-0.15, -0.1) is 10.2 Å². The molecule has 2 N–H and O–H groups in total. The minimum absolute atomic E-state index is 0.0722. The Hall–Kier alpha value is -3.00. The van der Waals surface area contributed by atoms with E-state index in [2.05, 4.69) is 27.9 Å². The zero-order valence-corrected chi connectivity index (χ0v) is 18.8. The minimum Gasteiger partial charge on any atom is -0.494 e. The second-order valence-corrected chi connectivity index (χ2v) is 8.54. The third-order valence-electron chi connectivity index (χ3n) is 5.19. The predicted molar refractivity (Wildman–Crippen MR) is 123 cm³/mol. The second-order valence-electron chi connectivity index (χ2n) is 7.44. The van der Waals surface area contributed by atoms with Gasteiger partial charge in [0.15, 0.2) is 5.82 Å². The normalized spacial score (nSPS) is 17.5. The lowest BCUT2D eigenvalue weighted by atomic mass is 10.0. The van der Waals surface area contributed by atoms with Crippen molar-refractivity contribution in [1.29, 1.82) is 0 Å². The number of fused-ring (bicyclic) bond motifs is 1. The number of hydrogen-bond acceptors (Lipinski definition) is 6. The lowest BCUT2D eigenvalue weighted by Gasteiger charge is -2.33. The Morgan fingerprint density at radius 2 is 1.94 bits per heavy atom. The highest BCUT2D eigenvalue weighted by Crippen LogP contribution is 2.38. The van der Waals surface area contributed by atoms with E-state index in [1.54, 1.807) is 0 Å². The number of amides is 1. The first-order valence-electron chi connectivity index (χ1n) is 10.6. The van der Waals surface area contributed by atoms with E-state index in [0.29, 0.717) is 11.8 Å². The Morgan fingerprint density at radius 3 is 2.65 bits per heavy atom. The Morgan fingerprint density at radius 1 is 1.16 bits per heavy atom. The van der Waals surface area contributed by atoms with Gasteiger partial charge in [0.05, 0.1) is 12.6 Å². The van der Waals surface area contributed by atoms with Crippen LogP contribution in [0.3, 0.4) is 0 Å². The molecule has 0 unspecified atom stereocenters. The average molecular weight is 438 g/mol. The monoisotopic (exact) mass is 437 g/mol. The van der Waals surface area contributed by atoms with Crippen LogP contribution in [-0.4, -0.2) is 32.6 Å². The molecule has 2 atom stereocenters. The summed E-state index contributed by atoms with van der Waals surface area (Å²) in [5.41, 5.74) is 6.34. The van der Waals surface area contributed by atoms with Crippen LogP contribution in [0.25, 0.3) is 0 Å². The number of hydrogen-bond donors (Lipinski definition) is 2. The van der Waals surface area contributed by atoms with Crippen molar-refractivity contribution < 1.29 is 9.53 Å². The third kappa shape index (κ3) is 4.54. The summed E-state index contributed by atoms with van der Waals surface area (Å²) in [5.74, 6) is 1.61. The van der Waals surface area contributed by atoms with E-state index in [9.17, 15) is 4.79 Å². The maximum Gasteiger partial charge on any atom is 0.240 e. The molecular formula is C23H27N5O2S. The fourth-order valence-corrected chi connectivity index (χ4v) is 4.69. The molecule has 0 fully saturated rings. The number of carbonyl (C=O) groups is 1. The molecule has 1 aromatic heterocycles. The first kappa shape index (κ1) is 21.2. The van der Waals surface area contributed by atoms with Crippen molar-refractivity contribution in [3.63, 3.8) is 0 Å². The Bertz CT molecular complexity index is 1050. The summed E-state index contributed by atoms with van der Waals surface area (Å²) in [7, 11) is 0. The first-order valence-corrected chi connectivity index (χ1v) is 11.5. The van der Waals surface area contributed by atoms with Gasteiger partial charge in [-0.25, -0.2) is 4.68 Å². The van der Waals surface area contributed by atoms with Crippen LogP contribution in [0.1, 0.15) is 43.3 Å².